The van der Waals surface area contributed by atoms with Crippen LogP contribution in [-0.4, -0.2) is 9.97 Å². The highest BCUT2D eigenvalue weighted by Crippen LogP contribution is 2.31. The average molecular weight is 271 g/mol. The van der Waals surface area contributed by atoms with E-state index < -0.39 is 0 Å². The predicted octanol–water partition coefficient (Wildman–Crippen LogP) is 3.11. The van der Waals surface area contributed by atoms with Crippen LogP contribution in [0.2, 0.25) is 5.02 Å². The number of hydrogen-bond acceptors (Lipinski definition) is 4. The van der Waals surface area contributed by atoms with E-state index in [-0.39, 0.29) is 5.95 Å². The zero-order chi connectivity index (χ0) is 13.4. The van der Waals surface area contributed by atoms with Crippen LogP contribution in [0.3, 0.4) is 0 Å². The number of para-hydroxylation sites is 1. The van der Waals surface area contributed by atoms with Crippen molar-refractivity contribution in [1.82, 2.24) is 9.97 Å². The molecule has 0 saturated heterocycles. The van der Waals surface area contributed by atoms with Gasteiger partial charge in [-0.25, -0.2) is 9.97 Å². The number of nitrogens with two attached hydrogens (primary N) is 2. The van der Waals surface area contributed by atoms with Crippen molar-refractivity contribution >= 4 is 34.1 Å². The van der Waals surface area contributed by atoms with Crippen LogP contribution in [0.4, 0.5) is 11.6 Å². The van der Waals surface area contributed by atoms with Gasteiger partial charge >= 0.3 is 0 Å². The molecule has 0 amide bonds. The Morgan fingerprint density at radius 2 is 1.74 bits per heavy atom. The van der Waals surface area contributed by atoms with Crippen molar-refractivity contribution in [2.24, 2.45) is 0 Å². The van der Waals surface area contributed by atoms with E-state index in [0.717, 1.165) is 16.5 Å². The molecule has 3 aromatic rings. The molecule has 0 unspecified atom stereocenters. The molecule has 2 aromatic carbocycles. The fourth-order valence-electron chi connectivity index (χ4n) is 2.04. The van der Waals surface area contributed by atoms with Gasteiger partial charge in [0.05, 0.1) is 11.2 Å². The second kappa shape index (κ2) is 4.40. The molecule has 4 nitrogen and oxygen atoms in total. The zero-order valence-electron chi connectivity index (χ0n) is 9.97. The summed E-state index contributed by atoms with van der Waals surface area (Å²) in [5, 5.41) is 1.45. The van der Waals surface area contributed by atoms with E-state index in [1.807, 2.05) is 36.4 Å². The molecule has 5 heteroatoms. The van der Waals surface area contributed by atoms with Gasteiger partial charge in [0, 0.05) is 21.7 Å². The van der Waals surface area contributed by atoms with Gasteiger partial charge < -0.3 is 11.5 Å². The van der Waals surface area contributed by atoms with Crippen LogP contribution in [0.15, 0.2) is 42.5 Å². The summed E-state index contributed by atoms with van der Waals surface area (Å²) in [4.78, 5) is 8.50. The Balaban J connectivity index is 2.40. The number of halogens is 1. The largest absolute Gasteiger partial charge is 0.398 e. The molecule has 1 heterocycles. The lowest BCUT2D eigenvalue weighted by molar-refractivity contribution is 1.24. The van der Waals surface area contributed by atoms with Crippen molar-refractivity contribution < 1.29 is 0 Å². The lowest BCUT2D eigenvalue weighted by atomic mass is 10.0. The summed E-state index contributed by atoms with van der Waals surface area (Å²) in [6, 6.07) is 12.9. The smallest absolute Gasteiger partial charge is 0.221 e. The molecule has 0 aliphatic carbocycles. The van der Waals surface area contributed by atoms with Gasteiger partial charge in [-0.2, -0.15) is 0 Å². The predicted molar refractivity (Wildman–Crippen MR) is 78.8 cm³/mol. The summed E-state index contributed by atoms with van der Waals surface area (Å²) in [6.45, 7) is 0. The Morgan fingerprint density at radius 3 is 2.53 bits per heavy atom. The van der Waals surface area contributed by atoms with E-state index in [9.17, 15) is 0 Å². The minimum Gasteiger partial charge on any atom is -0.398 e. The van der Waals surface area contributed by atoms with Crippen LogP contribution < -0.4 is 11.5 Å². The van der Waals surface area contributed by atoms with Crippen molar-refractivity contribution in [2.45, 2.75) is 0 Å². The summed E-state index contributed by atoms with van der Waals surface area (Å²) >= 11 is 6.04. The van der Waals surface area contributed by atoms with Crippen LogP contribution in [0.25, 0.3) is 22.2 Å². The molecule has 1 aromatic heterocycles. The maximum absolute atomic E-state index is 6.04. The molecule has 0 saturated carbocycles. The van der Waals surface area contributed by atoms with Gasteiger partial charge in [0.25, 0.3) is 0 Å². The molecule has 0 atom stereocenters. The summed E-state index contributed by atoms with van der Waals surface area (Å²) in [6.07, 6.45) is 0. The molecular formula is C14H11ClN4. The van der Waals surface area contributed by atoms with Gasteiger partial charge in [0.1, 0.15) is 0 Å². The minimum atomic E-state index is 0.216. The number of nitrogen functional groups attached to an aromatic ring is 2. The van der Waals surface area contributed by atoms with Crippen LogP contribution in [0.1, 0.15) is 0 Å². The van der Waals surface area contributed by atoms with E-state index in [1.165, 1.54) is 0 Å². The van der Waals surface area contributed by atoms with E-state index in [4.69, 9.17) is 23.1 Å². The lowest BCUT2D eigenvalue weighted by Crippen LogP contribution is -1.99. The fraction of sp³-hybridized carbons (Fsp3) is 0. The third-order valence-electron chi connectivity index (χ3n) is 2.89. The standard InChI is InChI=1S/C14H11ClN4/c15-8-5-6-12-10(7-8)13(19-14(17)18-12)9-3-1-2-4-11(9)16/h1-7H,16H2,(H2,17,18,19). The van der Waals surface area contributed by atoms with Gasteiger partial charge in [0.15, 0.2) is 0 Å². The van der Waals surface area contributed by atoms with Gasteiger partial charge in [-0.1, -0.05) is 29.8 Å². The molecule has 0 aliphatic heterocycles. The Kier molecular flexibility index (Phi) is 2.72. The highest BCUT2D eigenvalue weighted by atomic mass is 35.5. The van der Waals surface area contributed by atoms with Crippen molar-refractivity contribution in [3.05, 3.63) is 47.5 Å². The number of nitrogens with zero attached hydrogens (tertiary/aromatic N) is 2. The molecule has 0 spiro atoms. The quantitative estimate of drug-likeness (QED) is 0.666. The maximum Gasteiger partial charge on any atom is 0.221 e. The number of benzene rings is 2. The monoisotopic (exact) mass is 270 g/mol. The maximum atomic E-state index is 6.04. The fourth-order valence-corrected chi connectivity index (χ4v) is 2.21. The van der Waals surface area contributed by atoms with Crippen LogP contribution in [-0.2, 0) is 0 Å². The molecule has 94 valence electrons. The van der Waals surface area contributed by atoms with Gasteiger partial charge in [-0.05, 0) is 24.3 Å². The third kappa shape index (κ3) is 2.06. The van der Waals surface area contributed by atoms with Crippen molar-refractivity contribution in [3.63, 3.8) is 0 Å². The highest BCUT2D eigenvalue weighted by Gasteiger charge is 2.11. The number of hydrogen-bond donors (Lipinski definition) is 2. The van der Waals surface area contributed by atoms with Crippen molar-refractivity contribution in [3.8, 4) is 11.3 Å². The number of fused-ring (bicyclic) bond motifs is 1. The van der Waals surface area contributed by atoms with Crippen LogP contribution in [0.5, 0.6) is 0 Å². The molecule has 0 bridgehead atoms. The minimum absolute atomic E-state index is 0.216. The Bertz CT molecular complexity index is 770. The third-order valence-corrected chi connectivity index (χ3v) is 3.13. The Hall–Kier alpha value is -2.33. The second-order valence-corrected chi connectivity index (χ2v) is 4.62. The molecule has 3 rings (SSSR count). The molecule has 4 N–H and O–H groups in total. The van der Waals surface area contributed by atoms with Gasteiger partial charge in [-0.15, -0.1) is 0 Å². The van der Waals surface area contributed by atoms with E-state index >= 15 is 0 Å². The summed E-state index contributed by atoms with van der Waals surface area (Å²) in [5.74, 6) is 0.216. The highest BCUT2D eigenvalue weighted by molar-refractivity contribution is 6.31. The van der Waals surface area contributed by atoms with Gasteiger partial charge in [-0.3, -0.25) is 0 Å². The first kappa shape index (κ1) is 11.7. The first-order valence-corrected chi connectivity index (χ1v) is 6.10. The van der Waals surface area contributed by atoms with E-state index in [1.54, 1.807) is 6.07 Å². The van der Waals surface area contributed by atoms with E-state index in [0.29, 0.717) is 16.4 Å². The SMILES string of the molecule is Nc1nc(-c2ccccc2N)c2cc(Cl)ccc2n1. The summed E-state index contributed by atoms with van der Waals surface area (Å²) in [5.41, 5.74) is 14.7. The Labute approximate surface area is 115 Å². The normalized spacial score (nSPS) is 10.8. The van der Waals surface area contributed by atoms with E-state index in [2.05, 4.69) is 9.97 Å². The topological polar surface area (TPSA) is 77.8 Å². The molecule has 0 fully saturated rings. The van der Waals surface area contributed by atoms with Crippen molar-refractivity contribution in [1.29, 1.82) is 0 Å². The molecular weight excluding hydrogens is 260 g/mol. The number of anilines is 2. The van der Waals surface area contributed by atoms with Crippen LogP contribution >= 0.6 is 11.6 Å². The van der Waals surface area contributed by atoms with Gasteiger partial charge in [0.2, 0.25) is 5.95 Å². The summed E-state index contributed by atoms with van der Waals surface area (Å²) < 4.78 is 0. The van der Waals surface area contributed by atoms with Crippen LogP contribution in [0, 0.1) is 0 Å². The zero-order valence-corrected chi connectivity index (χ0v) is 10.7. The first-order valence-electron chi connectivity index (χ1n) is 5.73. The molecule has 0 aliphatic rings. The lowest BCUT2D eigenvalue weighted by Gasteiger charge is -2.09. The molecule has 0 radical (unpaired) electrons. The first-order chi connectivity index (χ1) is 9.15. The number of rotatable bonds is 1. The second-order valence-electron chi connectivity index (χ2n) is 4.18. The number of aromatic nitrogens is 2. The molecule has 19 heavy (non-hydrogen) atoms. The van der Waals surface area contributed by atoms with Crippen molar-refractivity contribution in [2.75, 3.05) is 11.5 Å². The Morgan fingerprint density at radius 1 is 0.947 bits per heavy atom. The summed E-state index contributed by atoms with van der Waals surface area (Å²) in [7, 11) is 0. The average Bonchev–Trinajstić information content (AvgIpc) is 2.39.